The van der Waals surface area contributed by atoms with Crippen molar-refractivity contribution in [2.45, 2.75) is 18.9 Å². The van der Waals surface area contributed by atoms with Gasteiger partial charge in [0.05, 0.1) is 13.2 Å². The average Bonchev–Trinajstić information content (AvgIpc) is 2.92. The summed E-state index contributed by atoms with van der Waals surface area (Å²) in [6, 6.07) is 0.574. The van der Waals surface area contributed by atoms with E-state index >= 15 is 0 Å². The SMILES string of the molecule is S=C(N[C@H]1C[C@@H]2C=C[C@H]1C2)N1CCOCC1. The summed E-state index contributed by atoms with van der Waals surface area (Å²) in [4.78, 5) is 2.23. The van der Waals surface area contributed by atoms with E-state index in [0.29, 0.717) is 12.0 Å². The number of morpholine rings is 1. The molecule has 16 heavy (non-hydrogen) atoms. The van der Waals surface area contributed by atoms with Crippen molar-refractivity contribution in [3.8, 4) is 0 Å². The first-order valence-electron chi connectivity index (χ1n) is 6.14. The van der Waals surface area contributed by atoms with Gasteiger partial charge in [0.1, 0.15) is 0 Å². The second kappa shape index (κ2) is 4.34. The first kappa shape index (κ1) is 10.5. The summed E-state index contributed by atoms with van der Waals surface area (Å²) in [5.74, 6) is 1.51. The standard InChI is InChI=1S/C12H18N2OS/c16-12(14-3-5-15-6-4-14)13-11-8-9-1-2-10(11)7-9/h1-2,9-11H,3-8H2,(H,13,16)/t9-,10+,11+/m1/s1. The van der Waals surface area contributed by atoms with Crippen LogP contribution >= 0.6 is 12.2 Å². The van der Waals surface area contributed by atoms with Crippen LogP contribution in [0.5, 0.6) is 0 Å². The molecule has 0 amide bonds. The summed E-state index contributed by atoms with van der Waals surface area (Å²) < 4.78 is 5.33. The number of fused-ring (bicyclic) bond motifs is 2. The van der Waals surface area contributed by atoms with Gasteiger partial charge in [0.25, 0.3) is 0 Å². The van der Waals surface area contributed by atoms with Gasteiger partial charge in [-0.05, 0) is 36.9 Å². The van der Waals surface area contributed by atoms with E-state index in [1.54, 1.807) is 0 Å². The van der Waals surface area contributed by atoms with E-state index in [2.05, 4.69) is 22.4 Å². The average molecular weight is 238 g/mol. The molecule has 0 aromatic rings. The molecule has 1 saturated carbocycles. The van der Waals surface area contributed by atoms with Crippen LogP contribution in [0.2, 0.25) is 0 Å². The number of allylic oxidation sites excluding steroid dienone is 1. The van der Waals surface area contributed by atoms with Crippen molar-refractivity contribution in [3.63, 3.8) is 0 Å². The van der Waals surface area contributed by atoms with Crippen molar-refractivity contribution in [3.05, 3.63) is 12.2 Å². The minimum absolute atomic E-state index is 0.574. The lowest BCUT2D eigenvalue weighted by atomic mass is 10.0. The van der Waals surface area contributed by atoms with Gasteiger partial charge in [0.2, 0.25) is 0 Å². The fourth-order valence-electron chi connectivity index (χ4n) is 2.96. The van der Waals surface area contributed by atoms with Crippen LogP contribution in [0.25, 0.3) is 0 Å². The molecule has 3 aliphatic rings. The topological polar surface area (TPSA) is 24.5 Å². The Hall–Kier alpha value is -0.610. The Morgan fingerprint density at radius 3 is 2.69 bits per heavy atom. The fourth-order valence-corrected chi connectivity index (χ4v) is 3.30. The maximum absolute atomic E-state index is 5.46. The van der Waals surface area contributed by atoms with Crippen LogP contribution in [0.15, 0.2) is 12.2 Å². The minimum atomic E-state index is 0.574. The lowest BCUT2D eigenvalue weighted by Crippen LogP contribution is -2.49. The normalized spacial score (nSPS) is 36.8. The van der Waals surface area contributed by atoms with Crippen molar-refractivity contribution in [2.75, 3.05) is 26.3 Å². The molecule has 0 unspecified atom stereocenters. The molecule has 2 fully saturated rings. The zero-order valence-electron chi connectivity index (χ0n) is 9.39. The largest absolute Gasteiger partial charge is 0.378 e. The van der Waals surface area contributed by atoms with Gasteiger partial charge < -0.3 is 15.0 Å². The van der Waals surface area contributed by atoms with Crippen LogP contribution in [-0.4, -0.2) is 42.4 Å². The van der Waals surface area contributed by atoms with E-state index in [-0.39, 0.29) is 0 Å². The third kappa shape index (κ3) is 1.96. The van der Waals surface area contributed by atoms with Crippen LogP contribution in [-0.2, 0) is 4.74 Å². The molecule has 88 valence electrons. The quantitative estimate of drug-likeness (QED) is 0.547. The molecule has 1 heterocycles. The second-order valence-corrected chi connectivity index (χ2v) is 5.32. The molecule has 1 N–H and O–H groups in total. The van der Waals surface area contributed by atoms with Crippen molar-refractivity contribution in [1.29, 1.82) is 0 Å². The molecule has 2 aliphatic carbocycles. The molecule has 2 bridgehead atoms. The maximum Gasteiger partial charge on any atom is 0.169 e. The molecule has 0 aromatic heterocycles. The van der Waals surface area contributed by atoms with Crippen LogP contribution < -0.4 is 5.32 Å². The molecule has 3 nitrogen and oxygen atoms in total. The molecule has 1 saturated heterocycles. The number of hydrogen-bond donors (Lipinski definition) is 1. The molecule has 3 atom stereocenters. The van der Waals surface area contributed by atoms with Gasteiger partial charge in [-0.15, -0.1) is 0 Å². The summed E-state index contributed by atoms with van der Waals surface area (Å²) in [6.07, 6.45) is 7.30. The molecule has 0 aromatic carbocycles. The summed E-state index contributed by atoms with van der Waals surface area (Å²) in [5.41, 5.74) is 0. The Bertz CT molecular complexity index is 312. The first-order valence-corrected chi connectivity index (χ1v) is 6.55. The molecule has 0 radical (unpaired) electrons. The lowest BCUT2D eigenvalue weighted by Gasteiger charge is -2.32. The third-order valence-electron chi connectivity index (χ3n) is 3.89. The van der Waals surface area contributed by atoms with Crippen molar-refractivity contribution < 1.29 is 4.74 Å². The van der Waals surface area contributed by atoms with Gasteiger partial charge in [-0.25, -0.2) is 0 Å². The molecule has 4 heteroatoms. The number of nitrogens with zero attached hydrogens (tertiary/aromatic N) is 1. The van der Waals surface area contributed by atoms with Crippen molar-refractivity contribution in [2.24, 2.45) is 11.8 Å². The zero-order valence-corrected chi connectivity index (χ0v) is 10.2. The lowest BCUT2D eigenvalue weighted by molar-refractivity contribution is 0.0673. The summed E-state index contributed by atoms with van der Waals surface area (Å²) in [7, 11) is 0. The summed E-state index contributed by atoms with van der Waals surface area (Å²) in [5, 5.41) is 4.46. The van der Waals surface area contributed by atoms with E-state index in [1.807, 2.05) is 0 Å². The summed E-state index contributed by atoms with van der Waals surface area (Å²) >= 11 is 5.46. The maximum atomic E-state index is 5.46. The van der Waals surface area contributed by atoms with Gasteiger partial charge in [0, 0.05) is 19.1 Å². The van der Waals surface area contributed by atoms with Gasteiger partial charge in [-0.2, -0.15) is 0 Å². The van der Waals surface area contributed by atoms with Crippen LogP contribution in [0.3, 0.4) is 0 Å². The Balaban J connectivity index is 1.54. The van der Waals surface area contributed by atoms with Crippen molar-refractivity contribution in [1.82, 2.24) is 10.2 Å². The Morgan fingerprint density at radius 1 is 1.25 bits per heavy atom. The van der Waals surface area contributed by atoms with Gasteiger partial charge in [0.15, 0.2) is 5.11 Å². The van der Waals surface area contributed by atoms with E-state index in [0.717, 1.165) is 37.3 Å². The molecule has 3 rings (SSSR count). The predicted molar refractivity (Wildman–Crippen MR) is 67.3 cm³/mol. The molecular formula is C12H18N2OS. The van der Waals surface area contributed by atoms with Crippen LogP contribution in [0.4, 0.5) is 0 Å². The monoisotopic (exact) mass is 238 g/mol. The van der Waals surface area contributed by atoms with Gasteiger partial charge in [-0.3, -0.25) is 0 Å². The number of nitrogens with one attached hydrogen (secondary N) is 1. The fraction of sp³-hybridized carbons (Fsp3) is 0.750. The zero-order chi connectivity index (χ0) is 11.0. The Morgan fingerprint density at radius 2 is 2.06 bits per heavy atom. The highest BCUT2D eigenvalue weighted by molar-refractivity contribution is 7.80. The highest BCUT2D eigenvalue weighted by atomic mass is 32.1. The molecule has 0 spiro atoms. The number of thiocarbonyl (C=S) groups is 1. The minimum Gasteiger partial charge on any atom is -0.378 e. The van der Waals surface area contributed by atoms with E-state index in [1.165, 1.54) is 12.8 Å². The Labute approximate surface area is 102 Å². The smallest absolute Gasteiger partial charge is 0.169 e. The number of rotatable bonds is 1. The number of ether oxygens (including phenoxy) is 1. The third-order valence-corrected chi connectivity index (χ3v) is 4.26. The highest BCUT2D eigenvalue weighted by Crippen LogP contribution is 2.38. The Kier molecular flexibility index (Phi) is 2.86. The second-order valence-electron chi connectivity index (χ2n) is 4.94. The van der Waals surface area contributed by atoms with Gasteiger partial charge in [-0.1, -0.05) is 12.2 Å². The van der Waals surface area contributed by atoms with Crippen LogP contribution in [0, 0.1) is 11.8 Å². The van der Waals surface area contributed by atoms with E-state index in [9.17, 15) is 0 Å². The van der Waals surface area contributed by atoms with Gasteiger partial charge >= 0.3 is 0 Å². The molecular weight excluding hydrogens is 220 g/mol. The summed E-state index contributed by atoms with van der Waals surface area (Å²) in [6.45, 7) is 3.47. The predicted octanol–water partition coefficient (Wildman–Crippen LogP) is 1.16. The first-order chi connectivity index (χ1) is 7.83. The van der Waals surface area contributed by atoms with Crippen molar-refractivity contribution >= 4 is 17.3 Å². The van der Waals surface area contributed by atoms with E-state index in [4.69, 9.17) is 17.0 Å². The molecule has 1 aliphatic heterocycles. The van der Waals surface area contributed by atoms with E-state index < -0.39 is 0 Å². The highest BCUT2D eigenvalue weighted by Gasteiger charge is 2.36. The van der Waals surface area contributed by atoms with Crippen LogP contribution in [0.1, 0.15) is 12.8 Å². The number of hydrogen-bond acceptors (Lipinski definition) is 2.